The number of halogens is 2. The highest BCUT2D eigenvalue weighted by atomic mass is 35.5. The Labute approximate surface area is 110 Å². The number of aryl methyl sites for hydroxylation is 2. The Morgan fingerprint density at radius 2 is 2.24 bits per heavy atom. The lowest BCUT2D eigenvalue weighted by Gasteiger charge is -1.99. The van der Waals surface area contributed by atoms with Crippen molar-refractivity contribution in [1.29, 1.82) is 0 Å². The second kappa shape index (κ2) is 6.02. The normalized spacial score (nSPS) is 10.1. The van der Waals surface area contributed by atoms with Gasteiger partial charge in [0.1, 0.15) is 5.82 Å². The Bertz CT molecular complexity index is 481. The number of thiophene rings is 1. The van der Waals surface area contributed by atoms with Gasteiger partial charge in [0.2, 0.25) is 0 Å². The molecule has 2 aromatic rings. The van der Waals surface area contributed by atoms with Crippen molar-refractivity contribution < 1.29 is 4.39 Å². The van der Waals surface area contributed by atoms with Gasteiger partial charge in [-0.1, -0.05) is 0 Å². The third kappa shape index (κ3) is 3.44. The van der Waals surface area contributed by atoms with E-state index in [0.717, 1.165) is 34.3 Å². The van der Waals surface area contributed by atoms with Crippen LogP contribution in [0, 0.1) is 12.1 Å². The minimum atomic E-state index is -0.146. The number of nitrogens with one attached hydrogen (secondary N) is 1. The molecule has 0 atom stereocenters. The first-order valence-electron chi connectivity index (χ1n) is 5.21. The molecule has 0 aliphatic carbocycles. The van der Waals surface area contributed by atoms with E-state index in [9.17, 15) is 4.39 Å². The maximum atomic E-state index is 12.7. The molecular weight excluding hydrogens is 261 g/mol. The van der Waals surface area contributed by atoms with Gasteiger partial charge >= 0.3 is 0 Å². The predicted molar refractivity (Wildman–Crippen MR) is 71.5 cm³/mol. The van der Waals surface area contributed by atoms with Gasteiger partial charge in [0.25, 0.3) is 0 Å². The monoisotopic (exact) mass is 275 g/mol. The standard InChI is InChI=1S/C11H14FN3S.ClH/c1-3-15-8(2)6-11(14-15)13-7-9-4-5-10(12)16-9;/h4-6H,3,7H2,1-2H3,(H,13,14);1H. The Balaban J connectivity index is 0.00000144. The smallest absolute Gasteiger partial charge is 0.176 e. The third-order valence-electron chi connectivity index (χ3n) is 2.35. The zero-order valence-electron chi connectivity index (χ0n) is 9.74. The molecule has 0 saturated carbocycles. The minimum absolute atomic E-state index is 0. The van der Waals surface area contributed by atoms with Crippen molar-refractivity contribution in [1.82, 2.24) is 9.78 Å². The van der Waals surface area contributed by atoms with Crippen LogP contribution in [-0.4, -0.2) is 9.78 Å². The lowest BCUT2D eigenvalue weighted by Crippen LogP contribution is -2.01. The van der Waals surface area contributed by atoms with Gasteiger partial charge in [-0.2, -0.15) is 9.49 Å². The SMILES string of the molecule is CCn1nc(NCc2ccc(F)s2)cc1C.Cl. The van der Waals surface area contributed by atoms with Gasteiger partial charge in [-0.3, -0.25) is 4.68 Å². The van der Waals surface area contributed by atoms with Gasteiger partial charge in [-0.25, -0.2) is 0 Å². The van der Waals surface area contributed by atoms with Crippen molar-refractivity contribution in [2.45, 2.75) is 26.9 Å². The fourth-order valence-electron chi connectivity index (χ4n) is 1.54. The van der Waals surface area contributed by atoms with Crippen LogP contribution in [0.25, 0.3) is 0 Å². The van der Waals surface area contributed by atoms with E-state index in [2.05, 4.69) is 17.3 Å². The molecule has 0 saturated heterocycles. The first-order chi connectivity index (χ1) is 7.69. The molecule has 0 aliphatic heterocycles. The van der Waals surface area contributed by atoms with Gasteiger partial charge in [0.15, 0.2) is 5.13 Å². The molecule has 94 valence electrons. The van der Waals surface area contributed by atoms with Crippen LogP contribution in [0.3, 0.4) is 0 Å². The van der Waals surface area contributed by atoms with E-state index in [0.29, 0.717) is 6.54 Å². The molecule has 0 unspecified atom stereocenters. The molecule has 0 spiro atoms. The zero-order chi connectivity index (χ0) is 11.5. The highest BCUT2D eigenvalue weighted by Gasteiger charge is 2.03. The Kier molecular flexibility index (Phi) is 4.96. The average Bonchev–Trinajstić information content (AvgIpc) is 2.82. The molecule has 0 aliphatic rings. The highest BCUT2D eigenvalue weighted by Crippen LogP contribution is 2.16. The fourth-order valence-corrected chi connectivity index (χ4v) is 2.21. The Morgan fingerprint density at radius 3 is 2.76 bits per heavy atom. The van der Waals surface area contributed by atoms with Crippen molar-refractivity contribution in [3.8, 4) is 0 Å². The van der Waals surface area contributed by atoms with Gasteiger partial charge in [-0.05, 0) is 26.0 Å². The van der Waals surface area contributed by atoms with E-state index in [1.165, 1.54) is 6.07 Å². The summed E-state index contributed by atoms with van der Waals surface area (Å²) in [5.41, 5.74) is 1.13. The number of aromatic nitrogens is 2. The molecule has 6 heteroatoms. The second-order valence-corrected chi connectivity index (χ2v) is 4.66. The van der Waals surface area contributed by atoms with E-state index >= 15 is 0 Å². The minimum Gasteiger partial charge on any atom is -0.364 e. The summed E-state index contributed by atoms with van der Waals surface area (Å²) in [6.07, 6.45) is 0. The molecule has 0 amide bonds. The first-order valence-corrected chi connectivity index (χ1v) is 6.03. The van der Waals surface area contributed by atoms with Crippen molar-refractivity contribution in [2.24, 2.45) is 0 Å². The van der Waals surface area contributed by atoms with E-state index < -0.39 is 0 Å². The molecule has 0 aromatic carbocycles. The highest BCUT2D eigenvalue weighted by molar-refractivity contribution is 7.10. The number of nitrogens with zero attached hydrogens (tertiary/aromatic N) is 2. The van der Waals surface area contributed by atoms with E-state index in [-0.39, 0.29) is 17.5 Å². The topological polar surface area (TPSA) is 29.9 Å². The lowest BCUT2D eigenvalue weighted by atomic mass is 10.4. The maximum Gasteiger partial charge on any atom is 0.176 e. The summed E-state index contributed by atoms with van der Waals surface area (Å²) in [5, 5.41) is 7.40. The van der Waals surface area contributed by atoms with Gasteiger partial charge in [-0.15, -0.1) is 23.7 Å². The molecule has 2 rings (SSSR count). The summed E-state index contributed by atoms with van der Waals surface area (Å²) < 4.78 is 14.7. The van der Waals surface area contributed by atoms with Crippen LogP contribution < -0.4 is 5.32 Å². The summed E-state index contributed by atoms with van der Waals surface area (Å²) >= 11 is 1.16. The molecule has 2 heterocycles. The molecule has 0 fully saturated rings. The van der Waals surface area contributed by atoms with Gasteiger partial charge in [0.05, 0.1) is 6.54 Å². The van der Waals surface area contributed by atoms with Crippen LogP contribution in [-0.2, 0) is 13.1 Å². The molecular formula is C11H15ClFN3S. The zero-order valence-corrected chi connectivity index (χ0v) is 11.4. The second-order valence-electron chi connectivity index (χ2n) is 3.55. The van der Waals surface area contributed by atoms with Crippen molar-refractivity contribution in [3.05, 3.63) is 33.9 Å². The van der Waals surface area contributed by atoms with Crippen LogP contribution in [0.2, 0.25) is 0 Å². The third-order valence-corrected chi connectivity index (χ3v) is 3.23. The van der Waals surface area contributed by atoms with Crippen molar-refractivity contribution in [2.75, 3.05) is 5.32 Å². The molecule has 3 nitrogen and oxygen atoms in total. The summed E-state index contributed by atoms with van der Waals surface area (Å²) in [6.45, 7) is 5.56. The molecule has 2 aromatic heterocycles. The van der Waals surface area contributed by atoms with E-state index in [1.54, 1.807) is 6.07 Å². The summed E-state index contributed by atoms with van der Waals surface area (Å²) in [6, 6.07) is 5.27. The summed E-state index contributed by atoms with van der Waals surface area (Å²) in [4.78, 5) is 0.973. The number of hydrogen-bond donors (Lipinski definition) is 1. The number of rotatable bonds is 4. The average molecular weight is 276 g/mol. The van der Waals surface area contributed by atoms with Gasteiger partial charge in [0, 0.05) is 23.2 Å². The van der Waals surface area contributed by atoms with Gasteiger partial charge < -0.3 is 5.32 Å². The first kappa shape index (κ1) is 14.0. The maximum absolute atomic E-state index is 12.7. The van der Waals surface area contributed by atoms with Crippen molar-refractivity contribution >= 4 is 29.6 Å². The molecule has 1 N–H and O–H groups in total. The fraction of sp³-hybridized carbons (Fsp3) is 0.364. The van der Waals surface area contributed by atoms with Crippen LogP contribution in [0.5, 0.6) is 0 Å². The lowest BCUT2D eigenvalue weighted by molar-refractivity contribution is 0.641. The summed E-state index contributed by atoms with van der Waals surface area (Å²) in [5.74, 6) is 0.841. The Morgan fingerprint density at radius 1 is 1.47 bits per heavy atom. The number of anilines is 1. The molecule has 0 radical (unpaired) electrons. The van der Waals surface area contributed by atoms with Crippen LogP contribution >= 0.6 is 23.7 Å². The van der Waals surface area contributed by atoms with E-state index in [1.807, 2.05) is 17.7 Å². The molecule has 0 bridgehead atoms. The quantitative estimate of drug-likeness (QED) is 0.926. The van der Waals surface area contributed by atoms with Crippen molar-refractivity contribution in [3.63, 3.8) is 0 Å². The van der Waals surface area contributed by atoms with E-state index in [4.69, 9.17) is 0 Å². The summed E-state index contributed by atoms with van der Waals surface area (Å²) in [7, 11) is 0. The predicted octanol–water partition coefficient (Wildman–Crippen LogP) is 3.45. The van der Waals surface area contributed by atoms with Crippen LogP contribution in [0.15, 0.2) is 18.2 Å². The molecule has 17 heavy (non-hydrogen) atoms. The van der Waals surface area contributed by atoms with Crippen LogP contribution in [0.1, 0.15) is 17.5 Å². The largest absolute Gasteiger partial charge is 0.364 e. The Hall–Kier alpha value is -1.07. The number of hydrogen-bond acceptors (Lipinski definition) is 3. The van der Waals surface area contributed by atoms with Crippen LogP contribution in [0.4, 0.5) is 10.2 Å².